The zero-order valence-corrected chi connectivity index (χ0v) is 20.7. The Balaban J connectivity index is 1.84. The van der Waals surface area contributed by atoms with E-state index in [1.807, 2.05) is 45.9 Å². The van der Waals surface area contributed by atoms with E-state index in [4.69, 9.17) is 9.47 Å². The molecule has 2 aromatic heterocycles. The zero-order chi connectivity index (χ0) is 24.9. The van der Waals surface area contributed by atoms with Crippen molar-refractivity contribution in [2.45, 2.75) is 59.1 Å². The highest BCUT2D eigenvalue weighted by atomic mass is 16.6. The fraction of sp³-hybridized carbons (Fsp3) is 0.407. The molecule has 7 nitrogen and oxygen atoms in total. The molecule has 0 radical (unpaired) electrons. The normalized spacial score (nSPS) is 13.2. The summed E-state index contributed by atoms with van der Waals surface area (Å²) >= 11 is 0. The molecule has 0 aliphatic rings. The number of aromatic nitrogens is 2. The van der Waals surface area contributed by atoms with Gasteiger partial charge in [0, 0.05) is 24.0 Å². The number of nitriles is 1. The van der Waals surface area contributed by atoms with Crippen LogP contribution in [0.25, 0.3) is 22.0 Å². The molecule has 7 heteroatoms. The molecule has 3 rings (SSSR count). The highest BCUT2D eigenvalue weighted by molar-refractivity contribution is 5.93. The molecule has 0 fully saturated rings. The molecular formula is C27H32N4O3. The number of benzene rings is 1. The smallest absolute Gasteiger partial charge is 0.408 e. The zero-order valence-electron chi connectivity index (χ0n) is 20.7. The molecule has 1 aromatic carbocycles. The van der Waals surface area contributed by atoms with E-state index in [2.05, 4.69) is 35.2 Å². The molecule has 0 spiro atoms. The number of amides is 1. The number of nitrogens with one attached hydrogen (secondary N) is 1. The molecule has 2 heterocycles. The van der Waals surface area contributed by atoms with Gasteiger partial charge in [-0.2, -0.15) is 5.26 Å². The van der Waals surface area contributed by atoms with Crippen LogP contribution in [-0.2, 0) is 4.74 Å². The van der Waals surface area contributed by atoms with E-state index in [9.17, 15) is 10.1 Å². The summed E-state index contributed by atoms with van der Waals surface area (Å²) in [5, 5.41) is 13.7. The Morgan fingerprint density at radius 3 is 2.59 bits per heavy atom. The van der Waals surface area contributed by atoms with Gasteiger partial charge in [-0.15, -0.1) is 0 Å². The molecule has 3 aromatic rings. The van der Waals surface area contributed by atoms with Crippen molar-refractivity contribution in [1.29, 1.82) is 5.26 Å². The van der Waals surface area contributed by atoms with Crippen LogP contribution in [0.3, 0.4) is 0 Å². The first-order valence-electron chi connectivity index (χ1n) is 11.4. The van der Waals surface area contributed by atoms with Gasteiger partial charge in [-0.25, -0.2) is 4.79 Å². The van der Waals surface area contributed by atoms with Crippen LogP contribution >= 0.6 is 0 Å². The average molecular weight is 461 g/mol. The summed E-state index contributed by atoms with van der Waals surface area (Å²) in [4.78, 5) is 21.0. The molecule has 0 aliphatic heterocycles. The average Bonchev–Trinajstić information content (AvgIpc) is 2.75. The second-order valence-electron chi connectivity index (χ2n) is 10.1. The summed E-state index contributed by atoms with van der Waals surface area (Å²) in [6, 6.07) is 11.5. The molecule has 1 atom stereocenters. The van der Waals surface area contributed by atoms with E-state index in [1.165, 1.54) is 0 Å². The molecule has 0 saturated carbocycles. The lowest BCUT2D eigenvalue weighted by atomic mass is 9.91. The van der Waals surface area contributed by atoms with E-state index in [0.717, 1.165) is 22.0 Å². The highest BCUT2D eigenvalue weighted by Crippen LogP contribution is 2.31. The predicted molar refractivity (Wildman–Crippen MR) is 132 cm³/mol. The SMILES string of the molecule is CC(C)CC(C)(COc1ccc(-c2ccnc3ccncc23)cc1C#N)NC(=O)OC(C)(C)C. The first-order chi connectivity index (χ1) is 16.0. The number of hydrogen-bond donors (Lipinski definition) is 1. The summed E-state index contributed by atoms with van der Waals surface area (Å²) in [6.45, 7) is 11.8. The number of fused-ring (bicyclic) bond motifs is 1. The summed E-state index contributed by atoms with van der Waals surface area (Å²) in [6.07, 6.45) is 5.41. The van der Waals surface area contributed by atoms with Crippen LogP contribution in [0.4, 0.5) is 4.79 Å². The van der Waals surface area contributed by atoms with Crippen LogP contribution in [0.15, 0.2) is 48.9 Å². The van der Waals surface area contributed by atoms with Crippen LogP contribution in [0.2, 0.25) is 0 Å². The van der Waals surface area contributed by atoms with E-state index in [1.54, 1.807) is 30.7 Å². The highest BCUT2D eigenvalue weighted by Gasteiger charge is 2.31. The Bertz CT molecular complexity index is 1210. The largest absolute Gasteiger partial charge is 0.490 e. The van der Waals surface area contributed by atoms with Gasteiger partial charge in [0.2, 0.25) is 0 Å². The number of alkyl carbamates (subject to hydrolysis) is 1. The van der Waals surface area contributed by atoms with Gasteiger partial charge in [0.25, 0.3) is 0 Å². The van der Waals surface area contributed by atoms with Crippen LogP contribution in [0.5, 0.6) is 5.75 Å². The van der Waals surface area contributed by atoms with Crippen molar-refractivity contribution in [3.8, 4) is 22.9 Å². The maximum absolute atomic E-state index is 12.4. The predicted octanol–water partition coefficient (Wildman–Crippen LogP) is 5.88. The fourth-order valence-corrected chi connectivity index (χ4v) is 3.99. The van der Waals surface area contributed by atoms with Crippen LogP contribution in [0.1, 0.15) is 53.5 Å². The lowest BCUT2D eigenvalue weighted by Gasteiger charge is -2.33. The van der Waals surface area contributed by atoms with Gasteiger partial charge in [0.1, 0.15) is 24.0 Å². The van der Waals surface area contributed by atoms with Gasteiger partial charge in [0.15, 0.2) is 0 Å². The van der Waals surface area contributed by atoms with Crippen molar-refractivity contribution in [1.82, 2.24) is 15.3 Å². The second kappa shape index (κ2) is 10.1. The van der Waals surface area contributed by atoms with Crippen molar-refractivity contribution < 1.29 is 14.3 Å². The molecule has 1 N–H and O–H groups in total. The number of ether oxygens (including phenoxy) is 2. The van der Waals surface area contributed by atoms with Crippen molar-refractivity contribution in [2.24, 2.45) is 5.92 Å². The van der Waals surface area contributed by atoms with Crippen LogP contribution < -0.4 is 10.1 Å². The van der Waals surface area contributed by atoms with Crippen LogP contribution in [0, 0.1) is 17.2 Å². The van der Waals surface area contributed by atoms with Crippen LogP contribution in [-0.4, -0.2) is 33.8 Å². The maximum Gasteiger partial charge on any atom is 0.408 e. The minimum atomic E-state index is -0.672. The minimum absolute atomic E-state index is 0.195. The summed E-state index contributed by atoms with van der Waals surface area (Å²) in [7, 11) is 0. The summed E-state index contributed by atoms with van der Waals surface area (Å²) in [5.74, 6) is 0.777. The maximum atomic E-state index is 12.4. The Hall–Kier alpha value is -3.66. The molecule has 1 unspecified atom stereocenters. The van der Waals surface area contributed by atoms with Crippen molar-refractivity contribution >= 4 is 17.0 Å². The monoisotopic (exact) mass is 460 g/mol. The number of carbonyl (C=O) groups excluding carboxylic acids is 1. The van der Waals surface area contributed by atoms with Gasteiger partial charge < -0.3 is 14.8 Å². The van der Waals surface area contributed by atoms with E-state index < -0.39 is 17.2 Å². The number of hydrogen-bond acceptors (Lipinski definition) is 6. The van der Waals surface area contributed by atoms with Crippen molar-refractivity contribution in [3.63, 3.8) is 0 Å². The Morgan fingerprint density at radius 2 is 1.91 bits per heavy atom. The van der Waals surface area contributed by atoms with Crippen molar-refractivity contribution in [3.05, 3.63) is 54.5 Å². The first-order valence-corrected chi connectivity index (χ1v) is 11.4. The molecule has 0 saturated heterocycles. The number of nitrogens with zero attached hydrogens (tertiary/aromatic N) is 3. The van der Waals surface area contributed by atoms with Gasteiger partial charge in [-0.3, -0.25) is 9.97 Å². The number of carbonyl (C=O) groups is 1. The molecule has 0 bridgehead atoms. The van der Waals surface area contributed by atoms with E-state index in [-0.39, 0.29) is 6.61 Å². The molecule has 34 heavy (non-hydrogen) atoms. The lowest BCUT2D eigenvalue weighted by Crippen LogP contribution is -2.52. The third kappa shape index (κ3) is 6.44. The molecule has 0 aliphatic carbocycles. The van der Waals surface area contributed by atoms with Gasteiger partial charge in [-0.05, 0) is 75.4 Å². The molecule has 178 valence electrons. The van der Waals surface area contributed by atoms with Crippen molar-refractivity contribution in [2.75, 3.05) is 6.61 Å². The Labute approximate surface area is 201 Å². The molecular weight excluding hydrogens is 428 g/mol. The van der Waals surface area contributed by atoms with E-state index >= 15 is 0 Å². The Kier molecular flexibility index (Phi) is 7.41. The second-order valence-corrected chi connectivity index (χ2v) is 10.1. The number of pyridine rings is 2. The Morgan fingerprint density at radius 1 is 1.15 bits per heavy atom. The lowest BCUT2D eigenvalue weighted by molar-refractivity contribution is 0.0408. The first kappa shape index (κ1) is 25.0. The quantitative estimate of drug-likeness (QED) is 0.473. The van der Waals surface area contributed by atoms with Gasteiger partial charge in [-0.1, -0.05) is 19.9 Å². The summed E-state index contributed by atoms with van der Waals surface area (Å²) in [5.41, 5.74) is 1.80. The summed E-state index contributed by atoms with van der Waals surface area (Å²) < 4.78 is 11.5. The van der Waals surface area contributed by atoms with Gasteiger partial charge in [0.05, 0.1) is 16.6 Å². The topological polar surface area (TPSA) is 97.1 Å². The minimum Gasteiger partial charge on any atom is -0.490 e. The molecule has 1 amide bonds. The van der Waals surface area contributed by atoms with Gasteiger partial charge >= 0.3 is 6.09 Å². The third-order valence-corrected chi connectivity index (χ3v) is 5.16. The van der Waals surface area contributed by atoms with E-state index in [0.29, 0.717) is 23.7 Å². The standard InChI is InChI=1S/C27H32N4O3/c1-18(2)14-27(6,31-25(32)34-26(3,4)5)17-33-24-8-7-19(13-20(24)15-28)21-9-12-30-23-10-11-29-16-22(21)23/h7-13,16,18H,14,17H2,1-6H3,(H,31,32). The third-order valence-electron chi connectivity index (χ3n) is 5.16. The fourth-order valence-electron chi connectivity index (χ4n) is 3.99. The number of rotatable bonds is 7.